The lowest BCUT2D eigenvalue weighted by Crippen LogP contribution is -2.34. The maximum Gasteiger partial charge on any atom is 0.323 e. The third kappa shape index (κ3) is 5.34. The van der Waals surface area contributed by atoms with Crippen LogP contribution in [0.5, 0.6) is 0 Å². The Kier molecular flexibility index (Phi) is 7.33. The topological polar surface area (TPSA) is 156 Å². The molecular weight excluding hydrogens is 444 g/mol. The highest BCUT2D eigenvalue weighted by molar-refractivity contribution is 7.36. The number of nitrogens with one attached hydrogen (secondary N) is 2. The van der Waals surface area contributed by atoms with E-state index in [0.29, 0.717) is 17.0 Å². The number of aromatic nitrogens is 4. The molecule has 3 heterocycles. The van der Waals surface area contributed by atoms with Crippen LogP contribution in [0, 0.1) is 5.92 Å². The summed E-state index contributed by atoms with van der Waals surface area (Å²) in [5.41, 5.74) is 6.65. The predicted octanol–water partition coefficient (Wildman–Crippen LogP) is 2.01. The fourth-order valence-electron chi connectivity index (χ4n) is 3.47. The minimum absolute atomic E-state index is 0.00309. The molecule has 0 bridgehead atoms. The van der Waals surface area contributed by atoms with Gasteiger partial charge in [-0.15, -0.1) is 0 Å². The SMILES string of the molecule is CNc1nc(N)nc2c1ncn2[C@@H]1O[C@](F)(CO[PH](=O)N[C@@H](C)C(=O)OC(C)C)C[C@@H]1C. The number of nitrogens with two attached hydrogens (primary N) is 1. The molecule has 178 valence electrons. The predicted molar refractivity (Wildman–Crippen MR) is 116 cm³/mol. The summed E-state index contributed by atoms with van der Waals surface area (Å²) in [6.45, 7) is 6.14. The van der Waals surface area contributed by atoms with Crippen LogP contribution in [0.3, 0.4) is 0 Å². The van der Waals surface area contributed by atoms with Gasteiger partial charge in [0.1, 0.15) is 18.9 Å². The molecule has 0 aromatic carbocycles. The number of fused-ring (bicyclic) bond motifs is 1. The van der Waals surface area contributed by atoms with Crippen LogP contribution >= 0.6 is 8.18 Å². The summed E-state index contributed by atoms with van der Waals surface area (Å²) in [7, 11) is -1.24. The summed E-state index contributed by atoms with van der Waals surface area (Å²) in [4.78, 5) is 24.4. The standard InChI is InChI=1S/C18H29FN7O5P/c1-9(2)30-16(27)11(4)25-32(28)29-7-18(19)6-10(3)15(31-18)26-8-22-12-13(21-5)23-17(20)24-14(12)26/h8-11,15,32H,6-7H2,1-5H3,(H,25,28)(H3,20,21,23,24)/t10-,11-,15+,18-/m0/s1. The number of alkyl halides is 1. The number of esters is 1. The van der Waals surface area contributed by atoms with Crippen LogP contribution in [0.4, 0.5) is 16.2 Å². The number of hydrogen-bond donors (Lipinski definition) is 3. The summed E-state index contributed by atoms with van der Waals surface area (Å²) in [5.74, 6) is -2.54. The molecule has 5 atom stereocenters. The zero-order valence-electron chi connectivity index (χ0n) is 18.6. The Bertz CT molecular complexity index is 1010. The second kappa shape index (κ2) is 9.65. The second-order valence-corrected chi connectivity index (χ2v) is 9.16. The van der Waals surface area contributed by atoms with Gasteiger partial charge in [0.25, 0.3) is 8.18 Å². The van der Waals surface area contributed by atoms with Gasteiger partial charge in [0.2, 0.25) is 11.8 Å². The number of ether oxygens (including phenoxy) is 2. The van der Waals surface area contributed by atoms with Crippen molar-refractivity contribution in [1.82, 2.24) is 24.6 Å². The lowest BCUT2D eigenvalue weighted by atomic mass is 10.1. The van der Waals surface area contributed by atoms with Crippen molar-refractivity contribution in [3.8, 4) is 0 Å². The number of nitrogens with zero attached hydrogens (tertiary/aromatic N) is 4. The van der Waals surface area contributed by atoms with E-state index in [9.17, 15) is 9.36 Å². The van der Waals surface area contributed by atoms with Crippen LogP contribution in [0.2, 0.25) is 0 Å². The van der Waals surface area contributed by atoms with E-state index in [0.717, 1.165) is 0 Å². The van der Waals surface area contributed by atoms with Gasteiger partial charge in [0.15, 0.2) is 17.0 Å². The van der Waals surface area contributed by atoms with Gasteiger partial charge in [-0.3, -0.25) is 13.9 Å². The van der Waals surface area contributed by atoms with E-state index < -0.39 is 38.9 Å². The van der Waals surface area contributed by atoms with E-state index in [1.54, 1.807) is 25.5 Å². The first-order valence-electron chi connectivity index (χ1n) is 10.2. The van der Waals surface area contributed by atoms with Crippen molar-refractivity contribution < 1.29 is 27.7 Å². The molecule has 14 heteroatoms. The molecule has 0 aliphatic carbocycles. The molecule has 0 saturated carbocycles. The smallest absolute Gasteiger partial charge is 0.323 e. The summed E-state index contributed by atoms with van der Waals surface area (Å²) >= 11 is 0. The summed E-state index contributed by atoms with van der Waals surface area (Å²) in [5, 5.41) is 5.39. The van der Waals surface area contributed by atoms with Gasteiger partial charge in [0.05, 0.1) is 12.4 Å². The zero-order valence-corrected chi connectivity index (χ0v) is 19.6. The first-order valence-corrected chi connectivity index (χ1v) is 11.5. The molecule has 4 N–H and O–H groups in total. The van der Waals surface area contributed by atoms with Crippen molar-refractivity contribution in [3.05, 3.63) is 6.33 Å². The summed E-state index contributed by atoms with van der Waals surface area (Å²) in [6, 6.07) is -0.862. The highest BCUT2D eigenvalue weighted by Gasteiger charge is 2.47. The molecule has 1 fully saturated rings. The molecule has 32 heavy (non-hydrogen) atoms. The van der Waals surface area contributed by atoms with E-state index in [-0.39, 0.29) is 24.4 Å². The lowest BCUT2D eigenvalue weighted by Gasteiger charge is -2.22. The van der Waals surface area contributed by atoms with Crippen LogP contribution in [0.15, 0.2) is 6.33 Å². The quantitative estimate of drug-likeness (QED) is 0.362. The zero-order chi connectivity index (χ0) is 23.6. The largest absolute Gasteiger partial charge is 0.462 e. The highest BCUT2D eigenvalue weighted by atomic mass is 31.1. The monoisotopic (exact) mass is 473 g/mol. The van der Waals surface area contributed by atoms with Crippen molar-refractivity contribution in [2.75, 3.05) is 24.7 Å². The molecule has 2 aromatic heterocycles. The number of rotatable bonds is 9. The van der Waals surface area contributed by atoms with E-state index >= 15 is 4.39 Å². The van der Waals surface area contributed by atoms with E-state index in [1.807, 2.05) is 6.92 Å². The molecule has 1 aliphatic heterocycles. The molecule has 12 nitrogen and oxygen atoms in total. The van der Waals surface area contributed by atoms with Crippen LogP contribution in [0.1, 0.15) is 40.3 Å². The van der Waals surface area contributed by atoms with Gasteiger partial charge < -0.3 is 25.0 Å². The van der Waals surface area contributed by atoms with E-state index in [2.05, 4.69) is 25.4 Å². The Morgan fingerprint density at radius 1 is 1.47 bits per heavy atom. The fourth-order valence-corrected chi connectivity index (χ4v) is 4.37. The maximum absolute atomic E-state index is 15.4. The Balaban J connectivity index is 1.65. The first kappa shape index (κ1) is 24.3. The average Bonchev–Trinajstić information content (AvgIpc) is 3.25. The number of imidazole rings is 1. The second-order valence-electron chi connectivity index (χ2n) is 8.01. The van der Waals surface area contributed by atoms with Crippen molar-refractivity contribution in [1.29, 1.82) is 0 Å². The lowest BCUT2D eigenvalue weighted by molar-refractivity contribution is -0.172. The van der Waals surface area contributed by atoms with Gasteiger partial charge in [-0.05, 0) is 20.8 Å². The highest BCUT2D eigenvalue weighted by Crippen LogP contribution is 2.44. The van der Waals surface area contributed by atoms with Crippen molar-refractivity contribution in [2.45, 2.75) is 58.3 Å². The molecule has 1 aliphatic rings. The number of halogens is 1. The van der Waals surface area contributed by atoms with Gasteiger partial charge in [0, 0.05) is 19.4 Å². The van der Waals surface area contributed by atoms with Crippen molar-refractivity contribution in [3.63, 3.8) is 0 Å². The Labute approximate surface area is 185 Å². The fraction of sp³-hybridized carbons (Fsp3) is 0.667. The number of carbonyl (C=O) groups is 1. The Morgan fingerprint density at radius 3 is 2.84 bits per heavy atom. The molecule has 1 unspecified atom stereocenters. The maximum atomic E-state index is 15.4. The molecule has 0 radical (unpaired) electrons. The Morgan fingerprint density at radius 2 is 2.19 bits per heavy atom. The van der Waals surface area contributed by atoms with Gasteiger partial charge in [-0.1, -0.05) is 6.92 Å². The number of carbonyl (C=O) groups excluding carboxylic acids is 1. The first-order chi connectivity index (χ1) is 15.0. The van der Waals surface area contributed by atoms with E-state index in [1.165, 1.54) is 13.3 Å². The summed E-state index contributed by atoms with van der Waals surface area (Å²) in [6.07, 6.45) is 0.442. The molecular formula is C18H29FN7O5P. The van der Waals surface area contributed by atoms with Crippen molar-refractivity contribution >= 4 is 37.1 Å². The number of hydrogen-bond acceptors (Lipinski definition) is 10. The van der Waals surface area contributed by atoms with Gasteiger partial charge in [-0.2, -0.15) is 9.97 Å². The molecule has 2 aromatic rings. The third-order valence-electron chi connectivity index (χ3n) is 4.85. The van der Waals surface area contributed by atoms with E-state index in [4.69, 9.17) is 19.7 Å². The minimum atomic E-state index is -2.92. The molecule has 0 spiro atoms. The molecule has 3 rings (SSSR count). The van der Waals surface area contributed by atoms with Crippen LogP contribution < -0.4 is 16.1 Å². The molecule has 1 saturated heterocycles. The van der Waals surface area contributed by atoms with Crippen molar-refractivity contribution in [2.24, 2.45) is 5.92 Å². The van der Waals surface area contributed by atoms with Gasteiger partial charge in [-0.25, -0.2) is 14.5 Å². The normalized spacial score (nSPS) is 25.2. The minimum Gasteiger partial charge on any atom is -0.462 e. The third-order valence-corrected chi connectivity index (χ3v) is 5.93. The average molecular weight is 473 g/mol. The van der Waals surface area contributed by atoms with Crippen LogP contribution in [0.25, 0.3) is 11.2 Å². The van der Waals surface area contributed by atoms with Gasteiger partial charge >= 0.3 is 5.97 Å². The Hall–Kier alpha value is -2.34. The number of anilines is 2. The summed E-state index contributed by atoms with van der Waals surface area (Å²) < 4.78 is 45.0. The number of nitrogen functional groups attached to an aromatic ring is 1. The van der Waals surface area contributed by atoms with Crippen LogP contribution in [-0.4, -0.2) is 57.1 Å². The molecule has 0 amide bonds. The van der Waals surface area contributed by atoms with Crippen LogP contribution in [-0.2, 0) is 23.4 Å².